The predicted molar refractivity (Wildman–Crippen MR) is 97.3 cm³/mol. The van der Waals surface area contributed by atoms with Gasteiger partial charge in [-0.05, 0) is 31.9 Å². The van der Waals surface area contributed by atoms with Gasteiger partial charge in [0.2, 0.25) is 11.8 Å². The molecule has 1 aromatic carbocycles. The number of carbonyl (C=O) groups is 4. The Kier molecular flexibility index (Phi) is 6.24. The van der Waals surface area contributed by atoms with Crippen LogP contribution in [0.25, 0.3) is 0 Å². The molecular weight excluding hydrogens is 386 g/mol. The van der Waals surface area contributed by atoms with E-state index >= 15 is 0 Å². The number of halogens is 2. The van der Waals surface area contributed by atoms with Gasteiger partial charge in [-0.2, -0.15) is 0 Å². The van der Waals surface area contributed by atoms with Gasteiger partial charge in [0.05, 0.1) is 23.9 Å². The van der Waals surface area contributed by atoms with E-state index in [-0.39, 0.29) is 42.3 Å². The third-order valence-electron chi connectivity index (χ3n) is 5.34. The van der Waals surface area contributed by atoms with Crippen molar-refractivity contribution in [2.45, 2.75) is 45.1 Å². The highest BCUT2D eigenvalue weighted by Crippen LogP contribution is 2.37. The minimum atomic E-state index is -1.24. The van der Waals surface area contributed by atoms with E-state index in [9.17, 15) is 28.0 Å². The van der Waals surface area contributed by atoms with Gasteiger partial charge >= 0.3 is 5.97 Å². The Bertz CT molecular complexity index is 820. The highest BCUT2D eigenvalue weighted by atomic mass is 19.1. The van der Waals surface area contributed by atoms with Crippen molar-refractivity contribution >= 4 is 29.4 Å². The molecule has 0 radical (unpaired) electrons. The van der Waals surface area contributed by atoms with Crippen molar-refractivity contribution in [2.24, 2.45) is 11.8 Å². The average molecular weight is 408 g/mol. The summed E-state index contributed by atoms with van der Waals surface area (Å²) < 4.78 is 31.5. The van der Waals surface area contributed by atoms with E-state index in [2.05, 4.69) is 5.32 Å². The van der Waals surface area contributed by atoms with Crippen LogP contribution in [0, 0.1) is 23.5 Å². The zero-order valence-corrected chi connectivity index (χ0v) is 16.0. The molecule has 3 atom stereocenters. The topological polar surface area (TPSA) is 92.8 Å². The molecule has 1 N–H and O–H groups in total. The van der Waals surface area contributed by atoms with Crippen molar-refractivity contribution in [3.05, 3.63) is 29.8 Å². The number of hydrogen-bond donors (Lipinski definition) is 1. The molecule has 0 aromatic heterocycles. The Labute approximate surface area is 166 Å². The van der Waals surface area contributed by atoms with Gasteiger partial charge in [-0.3, -0.25) is 24.1 Å². The van der Waals surface area contributed by atoms with Crippen LogP contribution >= 0.6 is 0 Å². The molecule has 1 aromatic rings. The Morgan fingerprint density at radius 2 is 1.79 bits per heavy atom. The zero-order valence-electron chi connectivity index (χ0n) is 16.0. The van der Waals surface area contributed by atoms with Crippen molar-refractivity contribution in [3.8, 4) is 0 Å². The smallest absolute Gasteiger partial charge is 0.308 e. The Morgan fingerprint density at radius 1 is 1.17 bits per heavy atom. The maximum absolute atomic E-state index is 13.6. The molecule has 1 saturated carbocycles. The summed E-state index contributed by atoms with van der Waals surface area (Å²) in [7, 11) is 0. The fourth-order valence-electron chi connectivity index (χ4n) is 3.79. The van der Waals surface area contributed by atoms with Crippen molar-refractivity contribution in [2.75, 3.05) is 11.9 Å². The van der Waals surface area contributed by atoms with Crippen LogP contribution in [0.3, 0.4) is 0 Å². The molecule has 0 unspecified atom stereocenters. The summed E-state index contributed by atoms with van der Waals surface area (Å²) in [5.74, 6) is -4.36. The normalized spacial score (nSPS) is 22.2. The first-order chi connectivity index (χ1) is 13.8. The number of hydrogen-bond acceptors (Lipinski definition) is 5. The first-order valence-corrected chi connectivity index (χ1v) is 9.58. The lowest BCUT2D eigenvalue weighted by Gasteiger charge is -2.19. The van der Waals surface area contributed by atoms with Gasteiger partial charge in [-0.1, -0.05) is 12.8 Å². The maximum Gasteiger partial charge on any atom is 0.308 e. The quantitative estimate of drug-likeness (QED) is 0.576. The zero-order chi connectivity index (χ0) is 21.1. The van der Waals surface area contributed by atoms with Crippen molar-refractivity contribution < 1.29 is 32.7 Å². The molecule has 0 spiro atoms. The summed E-state index contributed by atoms with van der Waals surface area (Å²) in [6, 6.07) is 2.66. The summed E-state index contributed by atoms with van der Waals surface area (Å²) in [5.41, 5.74) is -0.241. The molecule has 1 aliphatic heterocycles. The van der Waals surface area contributed by atoms with Crippen LogP contribution < -0.4 is 5.32 Å². The number of carbonyl (C=O) groups excluding carboxylic acids is 4. The standard InChI is InChI=1S/C20H22F2N2O5/c1-11(18(26)23-16-7-6-12(21)10-15(16)22)29-17(25)8-9-24-19(27)13-4-2-3-5-14(13)20(24)28/h6-7,10-11,13-14H,2-5,8-9H2,1H3,(H,23,26)/t11-,13-,14+/m0/s1. The summed E-state index contributed by atoms with van der Waals surface area (Å²) in [4.78, 5) is 50.0. The summed E-state index contributed by atoms with van der Waals surface area (Å²) in [6.45, 7) is 1.21. The first-order valence-electron chi connectivity index (χ1n) is 9.58. The molecular formula is C20H22F2N2O5. The highest BCUT2D eigenvalue weighted by Gasteiger charge is 2.47. The SMILES string of the molecule is C[C@H](OC(=O)CCN1C(=O)[C@H]2CCCC[C@H]2C1=O)C(=O)Nc1ccc(F)cc1F. The van der Waals surface area contributed by atoms with E-state index in [0.717, 1.165) is 29.9 Å². The number of likely N-dealkylation sites (tertiary alicyclic amines) is 1. The number of nitrogens with zero attached hydrogens (tertiary/aromatic N) is 1. The van der Waals surface area contributed by atoms with Crippen molar-refractivity contribution in [1.82, 2.24) is 4.90 Å². The number of esters is 1. The van der Waals surface area contributed by atoms with Crippen molar-refractivity contribution in [3.63, 3.8) is 0 Å². The molecule has 1 aliphatic carbocycles. The van der Waals surface area contributed by atoms with Crippen LogP contribution in [0.1, 0.15) is 39.0 Å². The summed E-state index contributed by atoms with van der Waals surface area (Å²) in [5, 5.41) is 2.21. The van der Waals surface area contributed by atoms with Gasteiger partial charge in [0.15, 0.2) is 6.10 Å². The molecule has 0 bridgehead atoms. The molecule has 156 valence electrons. The second-order valence-corrected chi connectivity index (χ2v) is 7.32. The fourth-order valence-corrected chi connectivity index (χ4v) is 3.79. The molecule has 1 heterocycles. The largest absolute Gasteiger partial charge is 0.452 e. The minimum absolute atomic E-state index is 0.0928. The predicted octanol–water partition coefficient (Wildman–Crippen LogP) is 2.40. The van der Waals surface area contributed by atoms with E-state index in [1.165, 1.54) is 6.92 Å². The van der Waals surface area contributed by atoms with E-state index in [1.807, 2.05) is 0 Å². The van der Waals surface area contributed by atoms with E-state index in [0.29, 0.717) is 18.9 Å². The second-order valence-electron chi connectivity index (χ2n) is 7.32. The Morgan fingerprint density at radius 3 is 2.38 bits per heavy atom. The van der Waals surface area contributed by atoms with Gasteiger partial charge in [-0.15, -0.1) is 0 Å². The van der Waals surface area contributed by atoms with Gasteiger partial charge < -0.3 is 10.1 Å². The molecule has 2 aliphatic rings. The van der Waals surface area contributed by atoms with Gasteiger partial charge in [0, 0.05) is 12.6 Å². The number of benzene rings is 1. The van der Waals surface area contributed by atoms with Gasteiger partial charge in [-0.25, -0.2) is 8.78 Å². The number of rotatable bonds is 6. The van der Waals surface area contributed by atoms with Crippen LogP contribution in [0.5, 0.6) is 0 Å². The molecule has 1 saturated heterocycles. The molecule has 2 fully saturated rings. The number of amides is 3. The molecule has 3 amide bonds. The van der Waals surface area contributed by atoms with Crippen LogP contribution in [0.4, 0.5) is 14.5 Å². The average Bonchev–Trinajstić information content (AvgIpc) is 2.93. The van der Waals surface area contributed by atoms with Crippen molar-refractivity contribution in [1.29, 1.82) is 0 Å². The number of imide groups is 1. The summed E-state index contributed by atoms with van der Waals surface area (Å²) >= 11 is 0. The van der Waals surface area contributed by atoms with Crippen LogP contribution in [0.2, 0.25) is 0 Å². The molecule has 7 nitrogen and oxygen atoms in total. The first kappa shape index (κ1) is 20.9. The van der Waals surface area contributed by atoms with Crippen LogP contribution in [-0.2, 0) is 23.9 Å². The molecule has 3 rings (SSSR count). The van der Waals surface area contributed by atoms with E-state index < -0.39 is 29.6 Å². The monoisotopic (exact) mass is 408 g/mol. The summed E-state index contributed by atoms with van der Waals surface area (Å²) in [6.07, 6.45) is 1.73. The number of fused-ring (bicyclic) bond motifs is 1. The second kappa shape index (κ2) is 8.67. The van der Waals surface area contributed by atoms with E-state index in [4.69, 9.17) is 4.74 Å². The van der Waals surface area contributed by atoms with Gasteiger partial charge in [0.25, 0.3) is 5.91 Å². The third kappa shape index (κ3) is 4.60. The highest BCUT2D eigenvalue weighted by molar-refractivity contribution is 6.05. The molecule has 9 heteroatoms. The lowest BCUT2D eigenvalue weighted by atomic mass is 9.81. The van der Waals surface area contributed by atoms with Crippen LogP contribution in [0.15, 0.2) is 18.2 Å². The van der Waals surface area contributed by atoms with Crippen LogP contribution in [-0.4, -0.2) is 41.2 Å². The fraction of sp³-hybridized carbons (Fsp3) is 0.500. The Balaban J connectivity index is 1.49. The number of ether oxygens (including phenoxy) is 1. The maximum atomic E-state index is 13.6. The number of anilines is 1. The lowest BCUT2D eigenvalue weighted by Crippen LogP contribution is -2.35. The Hall–Kier alpha value is -2.84. The van der Waals surface area contributed by atoms with Gasteiger partial charge in [0.1, 0.15) is 11.6 Å². The number of nitrogens with one attached hydrogen (secondary N) is 1. The molecule has 29 heavy (non-hydrogen) atoms. The lowest BCUT2D eigenvalue weighted by molar-refractivity contribution is -0.154. The minimum Gasteiger partial charge on any atom is -0.452 e. The van der Waals surface area contributed by atoms with E-state index in [1.54, 1.807) is 0 Å². The third-order valence-corrected chi connectivity index (χ3v) is 5.34.